The summed E-state index contributed by atoms with van der Waals surface area (Å²) in [5.74, 6) is 0.221. The van der Waals surface area contributed by atoms with Crippen molar-refractivity contribution in [2.75, 3.05) is 27.3 Å². The molecule has 0 atom stereocenters. The summed E-state index contributed by atoms with van der Waals surface area (Å²) < 4.78 is 9.84. The van der Waals surface area contributed by atoms with Gasteiger partial charge < -0.3 is 14.4 Å². The Morgan fingerprint density at radius 1 is 1.21 bits per heavy atom. The molecule has 1 aromatic rings. The van der Waals surface area contributed by atoms with Gasteiger partial charge in [-0.15, -0.1) is 0 Å². The van der Waals surface area contributed by atoms with Gasteiger partial charge in [0.15, 0.2) is 0 Å². The molecule has 0 aliphatic heterocycles. The monoisotopic (exact) mass is 265 g/mol. The van der Waals surface area contributed by atoms with Crippen molar-refractivity contribution in [2.24, 2.45) is 0 Å². The highest BCUT2D eigenvalue weighted by Gasteiger charge is 2.13. The number of rotatable bonds is 6. The lowest BCUT2D eigenvalue weighted by Crippen LogP contribution is -2.33. The van der Waals surface area contributed by atoms with Gasteiger partial charge in [-0.2, -0.15) is 0 Å². The second-order valence-corrected chi connectivity index (χ2v) is 4.08. The first-order chi connectivity index (χ1) is 9.06. The number of ether oxygens (including phenoxy) is 2. The van der Waals surface area contributed by atoms with E-state index in [9.17, 15) is 9.59 Å². The Hall–Kier alpha value is -2.04. The van der Waals surface area contributed by atoms with Crippen molar-refractivity contribution in [1.29, 1.82) is 0 Å². The molecular formula is C14H19NO4. The molecule has 0 saturated carbocycles. The van der Waals surface area contributed by atoms with Crippen LogP contribution in [0.3, 0.4) is 0 Å². The van der Waals surface area contributed by atoms with Crippen LogP contribution < -0.4 is 4.74 Å². The molecule has 19 heavy (non-hydrogen) atoms. The molecule has 5 heteroatoms. The Labute approximate surface area is 113 Å². The second kappa shape index (κ2) is 7.41. The van der Waals surface area contributed by atoms with E-state index >= 15 is 0 Å². The van der Waals surface area contributed by atoms with Gasteiger partial charge in [0.1, 0.15) is 12.3 Å². The molecule has 0 N–H and O–H groups in total. The molecule has 0 aliphatic rings. The van der Waals surface area contributed by atoms with Gasteiger partial charge in [-0.25, -0.2) is 0 Å². The highest BCUT2D eigenvalue weighted by atomic mass is 16.5. The molecule has 1 aromatic carbocycles. The van der Waals surface area contributed by atoms with E-state index in [2.05, 4.69) is 4.74 Å². The predicted molar refractivity (Wildman–Crippen MR) is 71.0 cm³/mol. The van der Waals surface area contributed by atoms with Crippen molar-refractivity contribution in [3.05, 3.63) is 29.8 Å². The van der Waals surface area contributed by atoms with Crippen LogP contribution in [0.25, 0.3) is 0 Å². The van der Waals surface area contributed by atoms with Crippen LogP contribution in [0.2, 0.25) is 0 Å². The maximum Gasteiger partial charge on any atom is 0.325 e. The molecule has 104 valence electrons. The second-order valence-electron chi connectivity index (χ2n) is 4.08. The largest absolute Gasteiger partial charge is 0.494 e. The van der Waals surface area contributed by atoms with Crippen LogP contribution in [-0.4, -0.2) is 44.1 Å². The zero-order chi connectivity index (χ0) is 14.3. The number of carbonyl (C=O) groups is 2. The third kappa shape index (κ3) is 4.99. The van der Waals surface area contributed by atoms with Gasteiger partial charge in [-0.05, 0) is 24.6 Å². The molecule has 0 aromatic heterocycles. The smallest absolute Gasteiger partial charge is 0.325 e. The Bertz CT molecular complexity index is 428. The molecule has 0 spiro atoms. The number of carbonyl (C=O) groups excluding carboxylic acids is 2. The average Bonchev–Trinajstić information content (AvgIpc) is 2.41. The van der Waals surface area contributed by atoms with E-state index in [1.54, 1.807) is 7.05 Å². The molecule has 5 nitrogen and oxygen atoms in total. The van der Waals surface area contributed by atoms with Crippen molar-refractivity contribution in [2.45, 2.75) is 13.3 Å². The molecule has 0 aliphatic carbocycles. The van der Waals surface area contributed by atoms with Crippen LogP contribution in [0.1, 0.15) is 12.5 Å². The third-order valence-corrected chi connectivity index (χ3v) is 2.61. The van der Waals surface area contributed by atoms with Crippen molar-refractivity contribution in [3.63, 3.8) is 0 Å². The highest BCUT2D eigenvalue weighted by Crippen LogP contribution is 2.12. The van der Waals surface area contributed by atoms with Crippen LogP contribution in [0.5, 0.6) is 5.75 Å². The molecule has 0 radical (unpaired) electrons. The number of methoxy groups -OCH3 is 1. The summed E-state index contributed by atoms with van der Waals surface area (Å²) in [4.78, 5) is 24.3. The van der Waals surface area contributed by atoms with Crippen LogP contribution >= 0.6 is 0 Å². The number of hydrogen-bond acceptors (Lipinski definition) is 4. The summed E-state index contributed by atoms with van der Waals surface area (Å²) in [5.41, 5.74) is 0.880. The summed E-state index contributed by atoms with van der Waals surface area (Å²) in [6.45, 7) is 2.49. The Kier molecular flexibility index (Phi) is 5.85. The highest BCUT2D eigenvalue weighted by molar-refractivity contribution is 5.83. The first-order valence-electron chi connectivity index (χ1n) is 6.09. The standard InChI is InChI=1S/C14H19NO4/c1-4-19-12-7-5-11(6-8-12)9-13(16)15(2)10-14(17)18-3/h5-8H,4,9-10H2,1-3H3. The van der Waals surface area contributed by atoms with Crippen LogP contribution in [0, 0.1) is 0 Å². The summed E-state index contributed by atoms with van der Waals surface area (Å²) >= 11 is 0. The Morgan fingerprint density at radius 2 is 1.84 bits per heavy atom. The SMILES string of the molecule is CCOc1ccc(CC(=O)N(C)CC(=O)OC)cc1. The van der Waals surface area contributed by atoms with Gasteiger partial charge in [-0.1, -0.05) is 12.1 Å². The Morgan fingerprint density at radius 3 is 2.37 bits per heavy atom. The molecule has 0 fully saturated rings. The number of benzene rings is 1. The van der Waals surface area contributed by atoms with Gasteiger partial charge in [0.05, 0.1) is 20.1 Å². The van der Waals surface area contributed by atoms with E-state index in [1.165, 1.54) is 12.0 Å². The number of esters is 1. The topological polar surface area (TPSA) is 55.8 Å². The van der Waals surface area contributed by atoms with E-state index in [0.717, 1.165) is 11.3 Å². The first kappa shape index (κ1) is 15.0. The molecule has 1 rings (SSSR count). The number of likely N-dealkylation sites (N-methyl/N-ethyl adjacent to an activating group) is 1. The number of hydrogen-bond donors (Lipinski definition) is 0. The fourth-order valence-electron chi connectivity index (χ4n) is 1.53. The van der Waals surface area contributed by atoms with Crippen LogP contribution in [0.15, 0.2) is 24.3 Å². The van der Waals surface area contributed by atoms with Crippen molar-refractivity contribution in [3.8, 4) is 5.75 Å². The van der Waals surface area contributed by atoms with Gasteiger partial charge in [-0.3, -0.25) is 9.59 Å². The minimum absolute atomic E-state index is 0.0354. The lowest BCUT2D eigenvalue weighted by atomic mass is 10.1. The zero-order valence-electron chi connectivity index (χ0n) is 11.5. The summed E-state index contributed by atoms with van der Waals surface area (Å²) in [6.07, 6.45) is 0.250. The van der Waals surface area contributed by atoms with E-state index in [0.29, 0.717) is 6.61 Å². The maximum absolute atomic E-state index is 11.9. The van der Waals surface area contributed by atoms with Crippen molar-refractivity contribution >= 4 is 11.9 Å². The lowest BCUT2D eigenvalue weighted by molar-refractivity contribution is -0.145. The Balaban J connectivity index is 2.54. The summed E-state index contributed by atoms with van der Waals surface area (Å²) in [7, 11) is 2.88. The predicted octanol–water partition coefficient (Wildman–Crippen LogP) is 1.26. The van der Waals surface area contributed by atoms with E-state index in [-0.39, 0.29) is 18.9 Å². The average molecular weight is 265 g/mol. The minimum Gasteiger partial charge on any atom is -0.494 e. The van der Waals surface area contributed by atoms with E-state index in [1.807, 2.05) is 31.2 Å². The maximum atomic E-state index is 11.9. The minimum atomic E-state index is -0.428. The van der Waals surface area contributed by atoms with Crippen molar-refractivity contribution in [1.82, 2.24) is 4.90 Å². The summed E-state index contributed by atoms with van der Waals surface area (Å²) in [5, 5.41) is 0. The fraction of sp³-hybridized carbons (Fsp3) is 0.429. The lowest BCUT2D eigenvalue weighted by Gasteiger charge is -2.15. The summed E-state index contributed by atoms with van der Waals surface area (Å²) in [6, 6.07) is 7.34. The fourth-order valence-corrected chi connectivity index (χ4v) is 1.53. The third-order valence-electron chi connectivity index (χ3n) is 2.61. The van der Waals surface area contributed by atoms with Gasteiger partial charge >= 0.3 is 5.97 Å². The zero-order valence-corrected chi connectivity index (χ0v) is 11.5. The number of nitrogens with zero attached hydrogens (tertiary/aromatic N) is 1. The van der Waals surface area contributed by atoms with Crippen LogP contribution in [0.4, 0.5) is 0 Å². The van der Waals surface area contributed by atoms with Crippen LogP contribution in [-0.2, 0) is 20.7 Å². The molecule has 0 unspecified atom stereocenters. The normalized spacial score (nSPS) is 9.84. The quantitative estimate of drug-likeness (QED) is 0.727. The molecule has 1 amide bonds. The molecule has 0 saturated heterocycles. The molecular weight excluding hydrogens is 246 g/mol. The molecule has 0 heterocycles. The van der Waals surface area contributed by atoms with Gasteiger partial charge in [0.2, 0.25) is 5.91 Å². The van der Waals surface area contributed by atoms with Gasteiger partial charge in [0.25, 0.3) is 0 Å². The molecule has 0 bridgehead atoms. The van der Waals surface area contributed by atoms with E-state index in [4.69, 9.17) is 4.74 Å². The first-order valence-corrected chi connectivity index (χ1v) is 6.09. The van der Waals surface area contributed by atoms with Crippen molar-refractivity contribution < 1.29 is 19.1 Å². The number of amides is 1. The van der Waals surface area contributed by atoms with Gasteiger partial charge in [0, 0.05) is 7.05 Å². The van der Waals surface area contributed by atoms with E-state index < -0.39 is 5.97 Å².